The maximum absolute atomic E-state index is 9.52. The minimum atomic E-state index is -0.268. The lowest BCUT2D eigenvalue weighted by molar-refractivity contribution is 0.440. The number of nitriles is 1. The third-order valence-electron chi connectivity index (χ3n) is 5.29. The van der Waals surface area contributed by atoms with E-state index in [2.05, 4.69) is 17.1 Å². The fourth-order valence-corrected chi connectivity index (χ4v) is 4.07. The van der Waals surface area contributed by atoms with Crippen LogP contribution in [0.15, 0.2) is 60.7 Å². The summed E-state index contributed by atoms with van der Waals surface area (Å²) in [7, 11) is 0. The summed E-state index contributed by atoms with van der Waals surface area (Å²) in [5.41, 5.74) is 15.4. The number of rotatable bonds is 1. The van der Waals surface area contributed by atoms with E-state index in [0.29, 0.717) is 22.2 Å². The van der Waals surface area contributed by atoms with Crippen LogP contribution in [0.5, 0.6) is 11.6 Å². The van der Waals surface area contributed by atoms with Gasteiger partial charge in [-0.1, -0.05) is 60.1 Å². The molecule has 4 N–H and O–H groups in total. The van der Waals surface area contributed by atoms with Crippen molar-refractivity contribution in [2.75, 3.05) is 11.5 Å². The number of nitrogens with zero attached hydrogens (tertiary/aromatic N) is 2. The van der Waals surface area contributed by atoms with Crippen LogP contribution in [0.4, 0.5) is 11.5 Å². The lowest BCUT2D eigenvalue weighted by atomic mass is 9.81. The second kappa shape index (κ2) is 6.40. The Bertz CT molecular complexity index is 1330. The van der Waals surface area contributed by atoms with Crippen molar-refractivity contribution in [3.05, 3.63) is 87.9 Å². The molecule has 1 aliphatic rings. The van der Waals surface area contributed by atoms with Crippen LogP contribution < -0.4 is 16.2 Å². The molecule has 0 spiro atoms. The molecule has 6 heteroatoms. The number of hydrogen-bond acceptors (Lipinski definition) is 5. The van der Waals surface area contributed by atoms with Crippen LogP contribution in [-0.2, 0) is 0 Å². The topological polar surface area (TPSA) is 98.0 Å². The SMILES string of the molecule is N#Cc1c(N)nc2c(c1N)[C@H](c1ccc(Cl)cc1)c1ccc3ccccc3c1O2. The fourth-order valence-electron chi connectivity index (χ4n) is 3.94. The van der Waals surface area contributed by atoms with E-state index in [1.54, 1.807) is 0 Å². The van der Waals surface area contributed by atoms with Gasteiger partial charge in [0.1, 0.15) is 23.2 Å². The molecule has 1 aromatic heterocycles. The van der Waals surface area contributed by atoms with E-state index in [1.807, 2.05) is 54.6 Å². The summed E-state index contributed by atoms with van der Waals surface area (Å²) in [6.45, 7) is 0. The normalized spacial score (nSPS) is 14.6. The highest BCUT2D eigenvalue weighted by atomic mass is 35.5. The number of ether oxygens (including phenoxy) is 1. The molecule has 0 fully saturated rings. The number of hydrogen-bond donors (Lipinski definition) is 2. The summed E-state index contributed by atoms with van der Waals surface area (Å²) in [6.07, 6.45) is 0. The van der Waals surface area contributed by atoms with Crippen molar-refractivity contribution < 1.29 is 4.74 Å². The number of fused-ring (bicyclic) bond motifs is 4. The minimum Gasteiger partial charge on any atom is -0.438 e. The van der Waals surface area contributed by atoms with Crippen molar-refractivity contribution in [3.63, 3.8) is 0 Å². The molecule has 0 amide bonds. The van der Waals surface area contributed by atoms with Crippen LogP contribution in [0.1, 0.15) is 28.2 Å². The van der Waals surface area contributed by atoms with Crippen molar-refractivity contribution in [1.29, 1.82) is 5.26 Å². The van der Waals surface area contributed by atoms with Crippen LogP contribution in [0.25, 0.3) is 10.8 Å². The van der Waals surface area contributed by atoms with Crippen LogP contribution >= 0.6 is 11.6 Å². The van der Waals surface area contributed by atoms with E-state index in [9.17, 15) is 5.26 Å². The zero-order valence-corrected chi connectivity index (χ0v) is 15.9. The largest absolute Gasteiger partial charge is 0.438 e. The molecule has 5 nitrogen and oxygen atoms in total. The summed E-state index contributed by atoms with van der Waals surface area (Å²) in [4.78, 5) is 4.37. The third kappa shape index (κ3) is 2.58. The van der Waals surface area contributed by atoms with Gasteiger partial charge in [-0.2, -0.15) is 10.2 Å². The molecule has 0 bridgehead atoms. The first-order valence-corrected chi connectivity index (χ1v) is 9.40. The monoisotopic (exact) mass is 398 g/mol. The summed E-state index contributed by atoms with van der Waals surface area (Å²) in [5, 5.41) is 12.2. The Labute approximate surface area is 172 Å². The zero-order chi connectivity index (χ0) is 20.1. The van der Waals surface area contributed by atoms with Crippen molar-refractivity contribution in [3.8, 4) is 17.7 Å². The number of benzene rings is 3. The summed E-state index contributed by atoms with van der Waals surface area (Å²) in [5.74, 6) is 0.826. The van der Waals surface area contributed by atoms with E-state index < -0.39 is 0 Å². The van der Waals surface area contributed by atoms with Crippen molar-refractivity contribution in [1.82, 2.24) is 4.98 Å². The van der Waals surface area contributed by atoms with Gasteiger partial charge in [-0.3, -0.25) is 0 Å². The summed E-state index contributed by atoms with van der Waals surface area (Å²) >= 11 is 6.11. The minimum absolute atomic E-state index is 0.0577. The summed E-state index contributed by atoms with van der Waals surface area (Å²) in [6, 6.07) is 21.7. The predicted octanol–water partition coefficient (Wildman–Crippen LogP) is 5.21. The molecule has 140 valence electrons. The summed E-state index contributed by atoms with van der Waals surface area (Å²) < 4.78 is 6.22. The highest BCUT2D eigenvalue weighted by Gasteiger charge is 2.34. The van der Waals surface area contributed by atoms with Crippen LogP contribution in [0.2, 0.25) is 5.02 Å². The average molecular weight is 399 g/mol. The standard InChI is InChI=1S/C23H15ClN4O/c24-14-8-5-13(6-9-14)18-16-10-7-12-3-1-2-4-15(12)21(16)29-23-19(18)20(26)17(11-25)22(27)28-23/h1-10,18H,(H4,26,27,28)/t18-/m1/s1. The maximum atomic E-state index is 9.52. The van der Waals surface area contributed by atoms with E-state index in [0.717, 1.165) is 21.9 Å². The zero-order valence-electron chi connectivity index (χ0n) is 15.2. The second-order valence-corrected chi connectivity index (χ2v) is 7.34. The molecular formula is C23H15ClN4O. The lowest BCUT2D eigenvalue weighted by Crippen LogP contribution is -2.17. The molecule has 0 unspecified atom stereocenters. The second-order valence-electron chi connectivity index (χ2n) is 6.91. The fraction of sp³-hybridized carbons (Fsp3) is 0.0435. The van der Waals surface area contributed by atoms with Crippen molar-refractivity contribution >= 4 is 33.9 Å². The van der Waals surface area contributed by atoms with Gasteiger partial charge < -0.3 is 16.2 Å². The van der Waals surface area contributed by atoms with E-state index in [4.69, 9.17) is 27.8 Å². The molecule has 29 heavy (non-hydrogen) atoms. The quantitative estimate of drug-likeness (QED) is 0.404. The number of nitrogens with two attached hydrogens (primary N) is 2. The van der Waals surface area contributed by atoms with Gasteiger partial charge in [0.2, 0.25) is 5.88 Å². The Morgan fingerprint density at radius 3 is 2.52 bits per heavy atom. The average Bonchev–Trinajstić information content (AvgIpc) is 2.73. The molecule has 3 aromatic carbocycles. The van der Waals surface area contributed by atoms with E-state index in [1.165, 1.54) is 0 Å². The number of nitrogen functional groups attached to an aromatic ring is 2. The number of halogens is 1. The van der Waals surface area contributed by atoms with Gasteiger partial charge in [0.15, 0.2) is 0 Å². The highest BCUT2D eigenvalue weighted by molar-refractivity contribution is 6.30. The number of pyridine rings is 1. The van der Waals surface area contributed by atoms with Gasteiger partial charge in [-0.25, -0.2) is 0 Å². The van der Waals surface area contributed by atoms with Crippen molar-refractivity contribution in [2.24, 2.45) is 0 Å². The molecule has 1 atom stereocenters. The molecule has 0 aliphatic carbocycles. The Hall–Kier alpha value is -3.75. The molecule has 2 heterocycles. The Morgan fingerprint density at radius 1 is 1.00 bits per heavy atom. The Balaban J connectivity index is 1.87. The molecule has 0 saturated heterocycles. The van der Waals surface area contributed by atoms with Crippen LogP contribution in [0, 0.1) is 11.3 Å². The number of anilines is 2. The van der Waals surface area contributed by atoms with Gasteiger partial charge in [0, 0.05) is 21.9 Å². The highest BCUT2D eigenvalue weighted by Crippen LogP contribution is 2.52. The van der Waals surface area contributed by atoms with Gasteiger partial charge in [-0.15, -0.1) is 0 Å². The molecule has 4 aromatic rings. The molecule has 0 saturated carbocycles. The number of aromatic nitrogens is 1. The van der Waals surface area contributed by atoms with Crippen LogP contribution in [-0.4, -0.2) is 4.98 Å². The third-order valence-corrected chi connectivity index (χ3v) is 5.54. The predicted molar refractivity (Wildman–Crippen MR) is 114 cm³/mol. The maximum Gasteiger partial charge on any atom is 0.227 e. The van der Waals surface area contributed by atoms with E-state index in [-0.39, 0.29) is 23.0 Å². The van der Waals surface area contributed by atoms with E-state index >= 15 is 0 Å². The lowest BCUT2D eigenvalue weighted by Gasteiger charge is -2.30. The van der Waals surface area contributed by atoms with Crippen molar-refractivity contribution in [2.45, 2.75) is 5.92 Å². The Morgan fingerprint density at radius 2 is 1.76 bits per heavy atom. The first-order chi connectivity index (χ1) is 14.1. The van der Waals surface area contributed by atoms with Gasteiger partial charge in [0.25, 0.3) is 0 Å². The molecule has 1 aliphatic heterocycles. The first kappa shape index (κ1) is 17.4. The Kier molecular flexibility index (Phi) is 3.83. The first-order valence-electron chi connectivity index (χ1n) is 9.02. The van der Waals surface area contributed by atoms with Gasteiger partial charge in [0.05, 0.1) is 11.3 Å². The van der Waals surface area contributed by atoms with Crippen LogP contribution in [0.3, 0.4) is 0 Å². The smallest absolute Gasteiger partial charge is 0.227 e. The molecule has 5 rings (SSSR count). The van der Waals surface area contributed by atoms with Gasteiger partial charge >= 0.3 is 0 Å². The van der Waals surface area contributed by atoms with Gasteiger partial charge in [-0.05, 0) is 23.1 Å². The molecule has 0 radical (unpaired) electrons. The molecular weight excluding hydrogens is 384 g/mol.